The zero-order chi connectivity index (χ0) is 12.4. The van der Waals surface area contributed by atoms with Gasteiger partial charge in [-0.3, -0.25) is 9.59 Å². The topological polar surface area (TPSA) is 49.4 Å². The second-order valence-electron chi connectivity index (χ2n) is 4.38. The molecule has 2 rings (SSSR count). The number of benzene rings is 1. The van der Waals surface area contributed by atoms with Gasteiger partial charge in [0, 0.05) is 32.6 Å². The van der Waals surface area contributed by atoms with Crippen molar-refractivity contribution in [2.75, 3.05) is 13.6 Å². The number of nitrogens with one attached hydrogen (secondary N) is 1. The predicted octanol–water partition coefficient (Wildman–Crippen LogP) is 0.951. The third kappa shape index (κ3) is 2.46. The fourth-order valence-corrected chi connectivity index (χ4v) is 1.97. The molecular formula is C13H16N2O2. The molecule has 0 aromatic heterocycles. The van der Waals surface area contributed by atoms with E-state index in [1.165, 1.54) is 6.92 Å². The first-order valence-corrected chi connectivity index (χ1v) is 5.69. The van der Waals surface area contributed by atoms with E-state index in [1.54, 1.807) is 4.90 Å². The van der Waals surface area contributed by atoms with Crippen LogP contribution >= 0.6 is 0 Å². The first-order chi connectivity index (χ1) is 8.08. The molecule has 4 nitrogen and oxygen atoms in total. The number of carbonyl (C=O) groups excluding carboxylic acids is 2. The fourth-order valence-electron chi connectivity index (χ4n) is 1.97. The van der Waals surface area contributed by atoms with Gasteiger partial charge in [-0.2, -0.15) is 0 Å². The van der Waals surface area contributed by atoms with Crippen molar-refractivity contribution in [3.8, 4) is 0 Å². The van der Waals surface area contributed by atoms with Crippen LogP contribution in [0.4, 0.5) is 0 Å². The lowest BCUT2D eigenvalue weighted by molar-refractivity contribution is -0.119. The van der Waals surface area contributed by atoms with E-state index in [-0.39, 0.29) is 11.8 Å². The number of amides is 2. The minimum absolute atomic E-state index is 0.0637. The number of nitrogens with zero attached hydrogens (tertiary/aromatic N) is 1. The van der Waals surface area contributed by atoms with Crippen molar-refractivity contribution in [2.24, 2.45) is 0 Å². The Kier molecular flexibility index (Phi) is 3.13. The fraction of sp³-hybridized carbons (Fsp3) is 0.385. The van der Waals surface area contributed by atoms with Gasteiger partial charge in [0.05, 0.1) is 0 Å². The Balaban J connectivity index is 2.23. The molecule has 0 fully saturated rings. The number of carbonyl (C=O) groups is 2. The quantitative estimate of drug-likeness (QED) is 0.825. The number of fused-ring (bicyclic) bond motifs is 1. The lowest BCUT2D eigenvalue weighted by Gasteiger charge is -2.25. The highest BCUT2D eigenvalue weighted by molar-refractivity contribution is 5.96. The van der Waals surface area contributed by atoms with Gasteiger partial charge >= 0.3 is 0 Å². The van der Waals surface area contributed by atoms with E-state index in [4.69, 9.17) is 0 Å². The van der Waals surface area contributed by atoms with Crippen LogP contribution in [0.15, 0.2) is 18.2 Å². The molecule has 1 N–H and O–H groups in total. The Morgan fingerprint density at radius 1 is 1.47 bits per heavy atom. The van der Waals surface area contributed by atoms with E-state index in [0.717, 1.165) is 29.7 Å². The molecule has 1 aliphatic heterocycles. The van der Waals surface area contributed by atoms with Crippen molar-refractivity contribution in [2.45, 2.75) is 19.9 Å². The van der Waals surface area contributed by atoms with E-state index in [9.17, 15) is 9.59 Å². The molecule has 1 aliphatic rings. The summed E-state index contributed by atoms with van der Waals surface area (Å²) in [5.41, 5.74) is 2.82. The molecule has 17 heavy (non-hydrogen) atoms. The van der Waals surface area contributed by atoms with Crippen LogP contribution in [-0.4, -0.2) is 30.3 Å². The largest absolute Gasteiger partial charge is 0.352 e. The molecule has 90 valence electrons. The first-order valence-electron chi connectivity index (χ1n) is 5.69. The Morgan fingerprint density at radius 3 is 2.94 bits per heavy atom. The number of likely N-dealkylation sites (N-methyl/N-ethyl adjacent to an activating group) is 1. The van der Waals surface area contributed by atoms with Crippen LogP contribution in [0.3, 0.4) is 0 Å². The molecular weight excluding hydrogens is 216 g/mol. The van der Waals surface area contributed by atoms with Gasteiger partial charge in [-0.05, 0) is 23.6 Å². The van der Waals surface area contributed by atoms with Gasteiger partial charge in [0.1, 0.15) is 0 Å². The number of rotatable bonds is 2. The second-order valence-corrected chi connectivity index (χ2v) is 4.38. The molecule has 0 radical (unpaired) electrons. The van der Waals surface area contributed by atoms with Gasteiger partial charge in [0.25, 0.3) is 5.91 Å². The van der Waals surface area contributed by atoms with Crippen molar-refractivity contribution in [1.29, 1.82) is 0 Å². The third-order valence-electron chi connectivity index (χ3n) is 3.01. The van der Waals surface area contributed by atoms with Crippen molar-refractivity contribution in [3.63, 3.8) is 0 Å². The first kappa shape index (κ1) is 11.6. The van der Waals surface area contributed by atoms with Gasteiger partial charge in [-0.25, -0.2) is 0 Å². The lowest BCUT2D eigenvalue weighted by Crippen LogP contribution is -2.34. The monoisotopic (exact) mass is 232 g/mol. The zero-order valence-electron chi connectivity index (χ0n) is 10.1. The summed E-state index contributed by atoms with van der Waals surface area (Å²) in [5, 5.41) is 2.73. The van der Waals surface area contributed by atoms with Gasteiger partial charge in [-0.1, -0.05) is 12.1 Å². The van der Waals surface area contributed by atoms with E-state index < -0.39 is 0 Å². The van der Waals surface area contributed by atoms with Crippen LogP contribution in [0.25, 0.3) is 0 Å². The molecule has 0 aliphatic carbocycles. The summed E-state index contributed by atoms with van der Waals surface area (Å²) < 4.78 is 0. The normalized spacial score (nSPS) is 14.5. The maximum Gasteiger partial charge on any atom is 0.253 e. The SMILES string of the molecule is CC(=O)NCc1ccc2c(c1)C(=O)N(C)CC2. The summed E-state index contributed by atoms with van der Waals surface area (Å²) in [6.07, 6.45) is 0.901. The van der Waals surface area contributed by atoms with Gasteiger partial charge in [-0.15, -0.1) is 0 Å². The number of hydrogen-bond donors (Lipinski definition) is 1. The smallest absolute Gasteiger partial charge is 0.253 e. The minimum Gasteiger partial charge on any atom is -0.352 e. The molecule has 0 atom stereocenters. The summed E-state index contributed by atoms with van der Waals surface area (Å²) >= 11 is 0. The molecule has 1 aromatic carbocycles. The Bertz CT molecular complexity index is 468. The molecule has 4 heteroatoms. The van der Waals surface area contributed by atoms with Crippen LogP contribution in [-0.2, 0) is 17.8 Å². The Hall–Kier alpha value is -1.84. The summed E-state index contributed by atoms with van der Waals surface area (Å²) in [7, 11) is 1.81. The Morgan fingerprint density at radius 2 is 2.24 bits per heavy atom. The molecule has 0 saturated carbocycles. The van der Waals surface area contributed by atoms with Crippen molar-refractivity contribution in [3.05, 3.63) is 34.9 Å². The van der Waals surface area contributed by atoms with Crippen molar-refractivity contribution >= 4 is 11.8 Å². The predicted molar refractivity (Wildman–Crippen MR) is 64.6 cm³/mol. The van der Waals surface area contributed by atoms with E-state index in [2.05, 4.69) is 5.32 Å². The van der Waals surface area contributed by atoms with E-state index >= 15 is 0 Å². The van der Waals surface area contributed by atoms with Crippen LogP contribution in [0.2, 0.25) is 0 Å². The van der Waals surface area contributed by atoms with Crippen LogP contribution in [0, 0.1) is 0 Å². The van der Waals surface area contributed by atoms with E-state index in [0.29, 0.717) is 6.54 Å². The van der Waals surface area contributed by atoms with Crippen molar-refractivity contribution < 1.29 is 9.59 Å². The molecule has 1 heterocycles. The molecule has 2 amide bonds. The van der Waals surface area contributed by atoms with E-state index in [1.807, 2.05) is 25.2 Å². The zero-order valence-corrected chi connectivity index (χ0v) is 10.1. The molecule has 0 bridgehead atoms. The van der Waals surface area contributed by atoms with Gasteiger partial charge in [0.15, 0.2) is 0 Å². The molecule has 1 aromatic rings. The summed E-state index contributed by atoms with van der Waals surface area (Å²) in [4.78, 5) is 24.5. The maximum absolute atomic E-state index is 11.9. The second kappa shape index (κ2) is 4.57. The van der Waals surface area contributed by atoms with Gasteiger partial charge in [0.2, 0.25) is 5.91 Å². The standard InChI is InChI=1S/C13H16N2O2/c1-9(16)14-8-10-3-4-11-5-6-15(2)13(17)12(11)7-10/h3-4,7H,5-6,8H2,1-2H3,(H,14,16). The molecule has 0 saturated heterocycles. The van der Waals surface area contributed by atoms with Gasteiger partial charge < -0.3 is 10.2 Å². The third-order valence-corrected chi connectivity index (χ3v) is 3.01. The highest BCUT2D eigenvalue weighted by atomic mass is 16.2. The Labute approximate surface area is 101 Å². The van der Waals surface area contributed by atoms with Crippen LogP contribution < -0.4 is 5.32 Å². The average molecular weight is 232 g/mol. The summed E-state index contributed by atoms with van der Waals surface area (Å²) in [6, 6.07) is 5.83. The van der Waals surface area contributed by atoms with Crippen LogP contribution in [0.1, 0.15) is 28.4 Å². The average Bonchev–Trinajstić information content (AvgIpc) is 2.31. The lowest BCUT2D eigenvalue weighted by atomic mass is 9.97. The maximum atomic E-state index is 11.9. The highest BCUT2D eigenvalue weighted by Crippen LogP contribution is 2.19. The molecule has 0 spiro atoms. The number of hydrogen-bond acceptors (Lipinski definition) is 2. The minimum atomic E-state index is -0.0637. The van der Waals surface area contributed by atoms with Crippen LogP contribution in [0.5, 0.6) is 0 Å². The molecule has 0 unspecified atom stereocenters. The highest BCUT2D eigenvalue weighted by Gasteiger charge is 2.21. The summed E-state index contributed by atoms with van der Waals surface area (Å²) in [6.45, 7) is 2.73. The van der Waals surface area contributed by atoms with Crippen molar-refractivity contribution in [1.82, 2.24) is 10.2 Å². The summed E-state index contributed by atoms with van der Waals surface area (Å²) in [5.74, 6) is 0.00194.